The van der Waals surface area contributed by atoms with Crippen molar-refractivity contribution in [3.8, 4) is 5.75 Å². The Bertz CT molecular complexity index is 1020. The summed E-state index contributed by atoms with van der Waals surface area (Å²) < 4.78 is 49.7. The van der Waals surface area contributed by atoms with Crippen LogP contribution in [0.2, 0.25) is 0 Å². The third-order valence-corrected chi connectivity index (χ3v) is 5.00. The number of hydrogen-bond acceptors (Lipinski definition) is 6. The van der Waals surface area contributed by atoms with E-state index in [-0.39, 0.29) is 36.4 Å². The zero-order chi connectivity index (χ0) is 23.3. The number of alkyl halides is 3. The minimum absolute atomic E-state index is 0.0712. The fraction of sp³-hybridized carbons (Fsp3) is 0.476. The Balaban J connectivity index is 1.70. The number of H-pyrrole nitrogens is 1. The Kier molecular flexibility index (Phi) is 7.39. The van der Waals surface area contributed by atoms with E-state index in [1.807, 2.05) is 4.90 Å². The van der Waals surface area contributed by atoms with Crippen molar-refractivity contribution in [3.63, 3.8) is 0 Å². The number of amides is 1. The highest BCUT2D eigenvalue weighted by atomic mass is 19.4. The van der Waals surface area contributed by atoms with Gasteiger partial charge in [0.05, 0.1) is 31.1 Å². The minimum Gasteiger partial charge on any atom is -0.492 e. The van der Waals surface area contributed by atoms with Gasteiger partial charge in [-0.15, -0.1) is 0 Å². The van der Waals surface area contributed by atoms with Gasteiger partial charge in [-0.1, -0.05) is 0 Å². The van der Waals surface area contributed by atoms with E-state index in [4.69, 9.17) is 9.47 Å². The number of aryl methyl sites for hydroxylation is 1. The summed E-state index contributed by atoms with van der Waals surface area (Å²) >= 11 is 0. The molecule has 0 saturated carbocycles. The Hall–Kier alpha value is -3.08. The summed E-state index contributed by atoms with van der Waals surface area (Å²) in [4.78, 5) is 34.1. The molecule has 1 aromatic heterocycles. The molecule has 2 aromatic rings. The molecule has 0 atom stereocenters. The highest BCUT2D eigenvalue weighted by molar-refractivity contribution is 5.92. The molecule has 2 heterocycles. The standard InChI is InChI=1S/C21H25F3N4O4/c1-3-32-17-6-4-14(21(22,23)24)12-16(17)26-18(29)7-5-15-13(2)25-20(27-19(15)30)28-8-10-31-11-9-28/h4,6,12H,3,5,7-11H2,1-2H3,(H,26,29)(H,25,27,30). The van der Waals surface area contributed by atoms with Crippen LogP contribution >= 0.6 is 0 Å². The van der Waals surface area contributed by atoms with Gasteiger partial charge in [0, 0.05) is 30.8 Å². The van der Waals surface area contributed by atoms with E-state index in [1.54, 1.807) is 13.8 Å². The lowest BCUT2D eigenvalue weighted by atomic mass is 10.1. The van der Waals surface area contributed by atoms with E-state index >= 15 is 0 Å². The molecule has 11 heteroatoms. The van der Waals surface area contributed by atoms with Gasteiger partial charge in [0.15, 0.2) is 0 Å². The number of carbonyl (C=O) groups excluding carboxylic acids is 1. The van der Waals surface area contributed by atoms with Crippen molar-refractivity contribution in [2.24, 2.45) is 0 Å². The molecule has 1 saturated heterocycles. The summed E-state index contributed by atoms with van der Waals surface area (Å²) in [6.07, 6.45) is -4.57. The Morgan fingerprint density at radius 3 is 2.66 bits per heavy atom. The predicted octanol–water partition coefficient (Wildman–Crippen LogP) is 2.90. The molecule has 1 fully saturated rings. The summed E-state index contributed by atoms with van der Waals surface area (Å²) in [5, 5.41) is 2.46. The predicted molar refractivity (Wildman–Crippen MR) is 112 cm³/mol. The van der Waals surface area contributed by atoms with E-state index in [0.717, 1.165) is 12.1 Å². The van der Waals surface area contributed by atoms with Crippen molar-refractivity contribution in [1.82, 2.24) is 9.97 Å². The smallest absolute Gasteiger partial charge is 0.416 e. The van der Waals surface area contributed by atoms with E-state index in [0.29, 0.717) is 43.5 Å². The van der Waals surface area contributed by atoms with Crippen LogP contribution in [0, 0.1) is 6.92 Å². The number of halogens is 3. The number of morpholine rings is 1. The zero-order valence-corrected chi connectivity index (χ0v) is 17.8. The second-order valence-electron chi connectivity index (χ2n) is 7.24. The van der Waals surface area contributed by atoms with Gasteiger partial charge < -0.3 is 19.7 Å². The summed E-state index contributed by atoms with van der Waals surface area (Å²) in [5.41, 5.74) is -0.464. The monoisotopic (exact) mass is 454 g/mol. The van der Waals surface area contributed by atoms with Crippen molar-refractivity contribution in [1.29, 1.82) is 0 Å². The number of nitrogens with zero attached hydrogens (tertiary/aromatic N) is 2. The van der Waals surface area contributed by atoms with Gasteiger partial charge in [0.2, 0.25) is 11.9 Å². The number of rotatable bonds is 7. The van der Waals surface area contributed by atoms with Crippen LogP contribution in [0.25, 0.3) is 0 Å². The van der Waals surface area contributed by atoms with Gasteiger partial charge in [-0.3, -0.25) is 14.6 Å². The number of aromatic nitrogens is 2. The van der Waals surface area contributed by atoms with E-state index < -0.39 is 17.6 Å². The lowest BCUT2D eigenvalue weighted by Crippen LogP contribution is -2.38. The number of hydrogen-bond donors (Lipinski definition) is 2. The van der Waals surface area contributed by atoms with Gasteiger partial charge >= 0.3 is 6.18 Å². The molecule has 0 bridgehead atoms. The molecule has 174 valence electrons. The summed E-state index contributed by atoms with van der Waals surface area (Å²) in [6, 6.07) is 2.90. The topological polar surface area (TPSA) is 96.5 Å². The second-order valence-corrected chi connectivity index (χ2v) is 7.24. The fourth-order valence-corrected chi connectivity index (χ4v) is 3.35. The highest BCUT2D eigenvalue weighted by Gasteiger charge is 2.31. The molecule has 1 aromatic carbocycles. The number of anilines is 2. The molecule has 1 amide bonds. The molecular weight excluding hydrogens is 429 g/mol. The number of nitrogens with one attached hydrogen (secondary N) is 2. The maximum Gasteiger partial charge on any atom is 0.416 e. The molecule has 0 spiro atoms. The molecule has 0 aliphatic carbocycles. The van der Waals surface area contributed by atoms with Gasteiger partial charge in [-0.2, -0.15) is 13.2 Å². The number of benzene rings is 1. The van der Waals surface area contributed by atoms with Crippen molar-refractivity contribution < 1.29 is 27.4 Å². The van der Waals surface area contributed by atoms with Crippen LogP contribution in [0.3, 0.4) is 0 Å². The van der Waals surface area contributed by atoms with Gasteiger partial charge in [0.1, 0.15) is 5.75 Å². The van der Waals surface area contributed by atoms with Gasteiger partial charge in [0.25, 0.3) is 5.56 Å². The van der Waals surface area contributed by atoms with Crippen molar-refractivity contribution in [3.05, 3.63) is 45.4 Å². The molecule has 0 radical (unpaired) electrons. The number of ether oxygens (including phenoxy) is 2. The highest BCUT2D eigenvalue weighted by Crippen LogP contribution is 2.35. The lowest BCUT2D eigenvalue weighted by molar-refractivity contribution is -0.137. The van der Waals surface area contributed by atoms with E-state index in [9.17, 15) is 22.8 Å². The average Bonchev–Trinajstić information content (AvgIpc) is 2.74. The SMILES string of the molecule is CCOc1ccc(C(F)(F)F)cc1NC(=O)CCc1c(C)nc(N2CCOCC2)[nH]c1=O. The van der Waals surface area contributed by atoms with Crippen molar-refractivity contribution >= 4 is 17.5 Å². The second kappa shape index (κ2) is 10.0. The van der Waals surface area contributed by atoms with E-state index in [1.165, 1.54) is 6.07 Å². The van der Waals surface area contributed by atoms with Gasteiger partial charge in [-0.25, -0.2) is 4.98 Å². The summed E-state index contributed by atoms with van der Waals surface area (Å²) in [5.74, 6) is 0.0510. The Morgan fingerprint density at radius 2 is 2.03 bits per heavy atom. The summed E-state index contributed by atoms with van der Waals surface area (Å²) in [7, 11) is 0. The molecule has 8 nitrogen and oxygen atoms in total. The van der Waals surface area contributed by atoms with Crippen molar-refractivity contribution in [2.75, 3.05) is 43.1 Å². The molecule has 0 unspecified atom stereocenters. The molecule has 2 N–H and O–H groups in total. The van der Waals surface area contributed by atoms with E-state index in [2.05, 4.69) is 15.3 Å². The molecular formula is C21H25F3N4O4. The normalized spacial score (nSPS) is 14.3. The number of aromatic amines is 1. The Morgan fingerprint density at radius 1 is 1.31 bits per heavy atom. The quantitative estimate of drug-likeness (QED) is 0.668. The van der Waals surface area contributed by atoms with Crippen LogP contribution < -0.4 is 20.5 Å². The van der Waals surface area contributed by atoms with Crippen LogP contribution in [0.1, 0.15) is 30.2 Å². The molecule has 1 aliphatic rings. The van der Waals surface area contributed by atoms with Crippen LogP contribution in [0.5, 0.6) is 5.75 Å². The maximum absolute atomic E-state index is 13.0. The minimum atomic E-state index is -4.55. The number of carbonyl (C=O) groups is 1. The largest absolute Gasteiger partial charge is 0.492 e. The molecule has 32 heavy (non-hydrogen) atoms. The third kappa shape index (κ3) is 5.78. The van der Waals surface area contributed by atoms with Crippen LogP contribution in [-0.4, -0.2) is 48.8 Å². The zero-order valence-electron chi connectivity index (χ0n) is 17.8. The van der Waals surface area contributed by atoms with Crippen LogP contribution in [0.15, 0.2) is 23.0 Å². The first-order valence-corrected chi connectivity index (χ1v) is 10.3. The van der Waals surface area contributed by atoms with Crippen LogP contribution in [0.4, 0.5) is 24.8 Å². The molecule has 3 rings (SSSR count). The molecule has 1 aliphatic heterocycles. The lowest BCUT2D eigenvalue weighted by Gasteiger charge is -2.27. The van der Waals surface area contributed by atoms with Gasteiger partial charge in [-0.05, 0) is 38.5 Å². The first-order chi connectivity index (χ1) is 15.2. The Labute approximate surface area is 182 Å². The summed E-state index contributed by atoms with van der Waals surface area (Å²) in [6.45, 7) is 5.92. The fourth-order valence-electron chi connectivity index (χ4n) is 3.35. The average molecular weight is 454 g/mol. The van der Waals surface area contributed by atoms with Crippen LogP contribution in [-0.2, 0) is 22.1 Å². The third-order valence-electron chi connectivity index (χ3n) is 5.00. The van der Waals surface area contributed by atoms with Crippen molar-refractivity contribution in [2.45, 2.75) is 32.9 Å². The first-order valence-electron chi connectivity index (χ1n) is 10.3. The maximum atomic E-state index is 13.0. The first kappa shape index (κ1) is 23.6.